The van der Waals surface area contributed by atoms with Crippen LogP contribution >= 0.6 is 11.3 Å². The molecule has 0 aliphatic carbocycles. The summed E-state index contributed by atoms with van der Waals surface area (Å²) in [6, 6.07) is 6.82. The molecule has 12 heteroatoms. The van der Waals surface area contributed by atoms with Crippen LogP contribution < -0.4 is 5.32 Å². The molecule has 1 aliphatic rings. The van der Waals surface area contributed by atoms with Gasteiger partial charge in [0.1, 0.15) is 5.69 Å². The van der Waals surface area contributed by atoms with E-state index in [1.165, 1.54) is 11.3 Å². The van der Waals surface area contributed by atoms with Gasteiger partial charge in [-0.1, -0.05) is 36.8 Å². The maximum absolute atomic E-state index is 14.6. The lowest BCUT2D eigenvalue weighted by Crippen LogP contribution is -2.57. The van der Waals surface area contributed by atoms with E-state index in [1.54, 1.807) is 13.8 Å². The van der Waals surface area contributed by atoms with E-state index in [-0.39, 0.29) is 18.2 Å². The minimum absolute atomic E-state index is 0.0166. The zero-order valence-corrected chi connectivity index (χ0v) is 20.6. The van der Waals surface area contributed by atoms with Gasteiger partial charge in [0.25, 0.3) is 11.8 Å². The zero-order valence-electron chi connectivity index (χ0n) is 19.7. The summed E-state index contributed by atoms with van der Waals surface area (Å²) in [5.41, 5.74) is 0.851. The molecular formula is C24H24F5N5OS. The number of hydrogen-bond donors (Lipinski definition) is 1. The van der Waals surface area contributed by atoms with Crippen molar-refractivity contribution in [1.82, 2.24) is 19.9 Å². The molecule has 1 aliphatic heterocycles. The zero-order chi connectivity index (χ0) is 26.3. The molecule has 3 heterocycles. The number of halogens is 5. The summed E-state index contributed by atoms with van der Waals surface area (Å²) in [4.78, 5) is 27.1. The molecule has 0 spiro atoms. The van der Waals surface area contributed by atoms with Crippen LogP contribution in [0.5, 0.6) is 0 Å². The van der Waals surface area contributed by atoms with Crippen LogP contribution in [0.15, 0.2) is 36.7 Å². The lowest BCUT2D eigenvalue weighted by Gasteiger charge is -2.43. The second kappa shape index (κ2) is 9.72. The maximum atomic E-state index is 14.6. The quantitative estimate of drug-likeness (QED) is 0.424. The van der Waals surface area contributed by atoms with Crippen molar-refractivity contribution in [3.8, 4) is 10.4 Å². The van der Waals surface area contributed by atoms with Crippen LogP contribution in [0.3, 0.4) is 0 Å². The van der Waals surface area contributed by atoms with Gasteiger partial charge >= 0.3 is 6.18 Å². The van der Waals surface area contributed by atoms with Crippen LogP contribution in [-0.2, 0) is 6.18 Å². The van der Waals surface area contributed by atoms with Gasteiger partial charge in [0, 0.05) is 25.4 Å². The molecule has 3 aromatic rings. The van der Waals surface area contributed by atoms with Gasteiger partial charge in [-0.3, -0.25) is 4.79 Å². The average Bonchev–Trinajstić information content (AvgIpc) is 3.18. The van der Waals surface area contributed by atoms with Crippen LogP contribution in [0, 0.1) is 19.8 Å². The summed E-state index contributed by atoms with van der Waals surface area (Å²) in [5, 5.41) is 3.42. The normalized spacial score (nSPS) is 19.8. The number of rotatable bonds is 5. The second-order valence-electron chi connectivity index (χ2n) is 8.99. The Bertz CT molecular complexity index is 1240. The van der Waals surface area contributed by atoms with Crippen LogP contribution in [0.25, 0.3) is 10.4 Å². The number of aryl methyl sites for hydroxylation is 2. The van der Waals surface area contributed by atoms with Gasteiger partial charge in [0.15, 0.2) is 0 Å². The van der Waals surface area contributed by atoms with Crippen LogP contribution in [-0.4, -0.2) is 50.8 Å². The lowest BCUT2D eigenvalue weighted by molar-refractivity contribution is -0.138. The molecule has 6 nitrogen and oxygen atoms in total. The molecule has 1 amide bonds. The minimum atomic E-state index is -4.58. The van der Waals surface area contributed by atoms with Gasteiger partial charge < -0.3 is 10.2 Å². The van der Waals surface area contributed by atoms with Gasteiger partial charge in [-0.15, -0.1) is 11.3 Å². The molecule has 1 N–H and O–H groups in total. The standard InChI is InChI=1S/C24H24F5N5OS/c1-13-5-4-6-16(7-13)20-19(33-15(3)36-20)21(35)34-12-23(25,26)8-14(2)18(34)11-32-22-30-9-17(10-31-22)24(27,28)29/h4-7,9-10,14,18H,8,11-12H2,1-3H3,(H,30,31,32). The Balaban J connectivity index is 1.61. The molecule has 0 saturated carbocycles. The first kappa shape index (κ1) is 25.9. The molecule has 2 aromatic heterocycles. The largest absolute Gasteiger partial charge is 0.419 e. The SMILES string of the molecule is Cc1cccc(-c2sc(C)nc2C(=O)N2CC(F)(F)CC(C)C2CNc2ncc(C(F)(F)F)cn2)c1. The molecule has 4 rings (SSSR count). The highest BCUT2D eigenvalue weighted by Gasteiger charge is 2.47. The Morgan fingerprint density at radius 3 is 2.56 bits per heavy atom. The van der Waals surface area contributed by atoms with Gasteiger partial charge in [-0.25, -0.2) is 23.7 Å². The summed E-state index contributed by atoms with van der Waals surface area (Å²) in [6.07, 6.45) is -3.73. The number of anilines is 1. The number of piperidine rings is 1. The van der Waals surface area contributed by atoms with E-state index >= 15 is 0 Å². The predicted octanol–water partition coefficient (Wildman–Crippen LogP) is 5.83. The highest BCUT2D eigenvalue weighted by atomic mass is 32.1. The fourth-order valence-electron chi connectivity index (χ4n) is 4.33. The fourth-order valence-corrected chi connectivity index (χ4v) is 5.24. The van der Waals surface area contributed by atoms with Crippen molar-refractivity contribution in [3.05, 3.63) is 58.5 Å². The van der Waals surface area contributed by atoms with E-state index in [1.807, 2.05) is 31.2 Å². The molecule has 36 heavy (non-hydrogen) atoms. The van der Waals surface area contributed by atoms with E-state index in [2.05, 4.69) is 20.3 Å². The van der Waals surface area contributed by atoms with Gasteiger partial charge in [0.2, 0.25) is 5.95 Å². The number of hydrogen-bond acceptors (Lipinski definition) is 6. The van der Waals surface area contributed by atoms with Crippen LogP contribution in [0.2, 0.25) is 0 Å². The van der Waals surface area contributed by atoms with Gasteiger partial charge in [-0.2, -0.15) is 13.2 Å². The summed E-state index contributed by atoms with van der Waals surface area (Å²) in [7, 11) is 0. The highest BCUT2D eigenvalue weighted by molar-refractivity contribution is 7.15. The summed E-state index contributed by atoms with van der Waals surface area (Å²) in [6.45, 7) is 4.46. The summed E-state index contributed by atoms with van der Waals surface area (Å²) in [5.74, 6) is -4.42. The molecule has 2 unspecified atom stereocenters. The fraction of sp³-hybridized carbons (Fsp3) is 0.417. The van der Waals surface area contributed by atoms with Crippen molar-refractivity contribution < 1.29 is 26.7 Å². The third kappa shape index (κ3) is 5.63. The van der Waals surface area contributed by atoms with Crippen molar-refractivity contribution in [2.45, 2.75) is 45.3 Å². The maximum Gasteiger partial charge on any atom is 0.419 e. The van der Waals surface area contributed by atoms with Gasteiger partial charge in [0.05, 0.1) is 28.0 Å². The Labute approximate surface area is 208 Å². The molecule has 1 saturated heterocycles. The van der Waals surface area contributed by atoms with E-state index in [0.717, 1.165) is 16.0 Å². The average molecular weight is 526 g/mol. The first-order valence-electron chi connectivity index (χ1n) is 11.2. The Morgan fingerprint density at radius 2 is 1.92 bits per heavy atom. The van der Waals surface area contributed by atoms with Crippen molar-refractivity contribution >= 4 is 23.2 Å². The number of aromatic nitrogens is 3. The van der Waals surface area contributed by atoms with E-state index in [9.17, 15) is 26.7 Å². The van der Waals surface area contributed by atoms with E-state index < -0.39 is 48.5 Å². The number of benzene rings is 1. The minimum Gasteiger partial charge on any atom is -0.352 e. The first-order valence-corrected chi connectivity index (χ1v) is 12.0. The number of likely N-dealkylation sites (tertiary alicyclic amines) is 1. The number of thiazole rings is 1. The van der Waals surface area contributed by atoms with Crippen molar-refractivity contribution in [3.63, 3.8) is 0 Å². The molecule has 1 fully saturated rings. The summed E-state index contributed by atoms with van der Waals surface area (Å²) >= 11 is 1.31. The van der Waals surface area contributed by atoms with Crippen LogP contribution in [0.4, 0.5) is 27.9 Å². The Kier molecular flexibility index (Phi) is 7.00. The number of nitrogens with one attached hydrogen (secondary N) is 1. The second-order valence-corrected chi connectivity index (χ2v) is 10.2. The monoisotopic (exact) mass is 525 g/mol. The van der Waals surface area contributed by atoms with Crippen molar-refractivity contribution in [2.24, 2.45) is 5.92 Å². The molecule has 0 bridgehead atoms. The third-order valence-corrected chi connectivity index (χ3v) is 7.03. The molecule has 0 radical (unpaired) electrons. The summed E-state index contributed by atoms with van der Waals surface area (Å²) < 4.78 is 67.5. The van der Waals surface area contributed by atoms with E-state index in [4.69, 9.17) is 0 Å². The number of carbonyl (C=O) groups excluding carboxylic acids is 1. The first-order chi connectivity index (χ1) is 16.8. The number of carbonyl (C=O) groups is 1. The Morgan fingerprint density at radius 1 is 1.22 bits per heavy atom. The highest BCUT2D eigenvalue weighted by Crippen LogP contribution is 2.38. The lowest BCUT2D eigenvalue weighted by atomic mass is 9.88. The molecule has 1 aromatic carbocycles. The Hall–Kier alpha value is -3.15. The third-order valence-electron chi connectivity index (χ3n) is 6.01. The molecule has 2 atom stereocenters. The number of alkyl halides is 5. The van der Waals surface area contributed by atoms with Gasteiger partial charge in [-0.05, 0) is 25.3 Å². The predicted molar refractivity (Wildman–Crippen MR) is 126 cm³/mol. The smallest absolute Gasteiger partial charge is 0.352 e. The number of amides is 1. The number of nitrogens with zero attached hydrogens (tertiary/aromatic N) is 4. The van der Waals surface area contributed by atoms with Crippen LogP contribution in [0.1, 0.15) is 40.0 Å². The molecule has 192 valence electrons. The van der Waals surface area contributed by atoms with Crippen molar-refractivity contribution in [2.75, 3.05) is 18.4 Å². The van der Waals surface area contributed by atoms with Crippen molar-refractivity contribution in [1.29, 1.82) is 0 Å². The molecular weight excluding hydrogens is 501 g/mol. The van der Waals surface area contributed by atoms with E-state index in [0.29, 0.717) is 22.3 Å². The topological polar surface area (TPSA) is 71.0 Å².